The molecule has 1 saturated heterocycles. The lowest BCUT2D eigenvalue weighted by Crippen LogP contribution is -2.37. The van der Waals surface area contributed by atoms with E-state index >= 15 is 0 Å². The van der Waals surface area contributed by atoms with E-state index < -0.39 is 0 Å². The van der Waals surface area contributed by atoms with E-state index in [0.717, 1.165) is 12.0 Å². The topological polar surface area (TPSA) is 41.6 Å². The van der Waals surface area contributed by atoms with Crippen LogP contribution in [-0.2, 0) is 9.53 Å². The highest BCUT2D eigenvalue weighted by molar-refractivity contribution is 5.84. The number of amides is 1. The Labute approximate surface area is 127 Å². The standard InChI is InChI=1S/C17H26N2O2/c1-12(2)10-15-17(20)19(11-13(3)21-4)16(18-15)14-8-6-5-7-9-14/h5-9,12-13,15-16,18H,10-11H2,1-4H3. The number of hydrogen-bond donors (Lipinski definition) is 1. The van der Waals surface area contributed by atoms with E-state index in [1.165, 1.54) is 0 Å². The minimum Gasteiger partial charge on any atom is -0.380 e. The molecule has 3 atom stereocenters. The monoisotopic (exact) mass is 290 g/mol. The van der Waals surface area contributed by atoms with Crippen molar-refractivity contribution in [3.8, 4) is 0 Å². The van der Waals surface area contributed by atoms with Crippen LogP contribution in [0, 0.1) is 5.92 Å². The van der Waals surface area contributed by atoms with Gasteiger partial charge in [-0.15, -0.1) is 0 Å². The molecule has 1 aromatic rings. The number of hydrogen-bond acceptors (Lipinski definition) is 3. The van der Waals surface area contributed by atoms with Crippen molar-refractivity contribution >= 4 is 5.91 Å². The van der Waals surface area contributed by atoms with Crippen molar-refractivity contribution in [1.29, 1.82) is 0 Å². The largest absolute Gasteiger partial charge is 0.380 e. The minimum atomic E-state index is -0.0979. The Morgan fingerprint density at radius 1 is 1.24 bits per heavy atom. The van der Waals surface area contributed by atoms with Gasteiger partial charge >= 0.3 is 0 Å². The molecule has 1 aliphatic rings. The summed E-state index contributed by atoms with van der Waals surface area (Å²) in [5.41, 5.74) is 1.13. The van der Waals surface area contributed by atoms with Crippen LogP contribution >= 0.6 is 0 Å². The van der Waals surface area contributed by atoms with E-state index in [1.807, 2.05) is 30.0 Å². The SMILES string of the molecule is COC(C)CN1C(=O)C(CC(C)C)NC1c1ccccc1. The number of ether oxygens (including phenoxy) is 1. The third-order valence-corrected chi connectivity index (χ3v) is 3.93. The van der Waals surface area contributed by atoms with Crippen LogP contribution in [0.1, 0.15) is 38.9 Å². The first-order chi connectivity index (χ1) is 10.0. The lowest BCUT2D eigenvalue weighted by atomic mass is 10.0. The van der Waals surface area contributed by atoms with Crippen LogP contribution in [0.3, 0.4) is 0 Å². The van der Waals surface area contributed by atoms with Crippen molar-refractivity contribution in [3.63, 3.8) is 0 Å². The van der Waals surface area contributed by atoms with Gasteiger partial charge in [0.25, 0.3) is 0 Å². The Balaban J connectivity index is 2.21. The summed E-state index contributed by atoms with van der Waals surface area (Å²) >= 11 is 0. The summed E-state index contributed by atoms with van der Waals surface area (Å²) in [4.78, 5) is 14.6. The summed E-state index contributed by atoms with van der Waals surface area (Å²) in [7, 11) is 1.68. The maximum absolute atomic E-state index is 12.7. The predicted molar refractivity (Wildman–Crippen MR) is 83.7 cm³/mol. The van der Waals surface area contributed by atoms with Crippen LogP contribution in [-0.4, -0.2) is 36.6 Å². The Hall–Kier alpha value is -1.39. The minimum absolute atomic E-state index is 0.0276. The lowest BCUT2D eigenvalue weighted by Gasteiger charge is -2.26. The van der Waals surface area contributed by atoms with Crippen molar-refractivity contribution in [2.75, 3.05) is 13.7 Å². The van der Waals surface area contributed by atoms with Crippen molar-refractivity contribution < 1.29 is 9.53 Å². The van der Waals surface area contributed by atoms with Crippen LogP contribution in [0.15, 0.2) is 30.3 Å². The molecule has 1 amide bonds. The summed E-state index contributed by atoms with van der Waals surface area (Å²) in [6, 6.07) is 10.0. The van der Waals surface area contributed by atoms with Gasteiger partial charge in [-0.3, -0.25) is 10.1 Å². The van der Waals surface area contributed by atoms with Gasteiger partial charge in [0, 0.05) is 13.7 Å². The zero-order valence-corrected chi connectivity index (χ0v) is 13.4. The van der Waals surface area contributed by atoms with Crippen molar-refractivity contribution in [1.82, 2.24) is 10.2 Å². The molecular formula is C17H26N2O2. The number of benzene rings is 1. The van der Waals surface area contributed by atoms with Crippen LogP contribution in [0.2, 0.25) is 0 Å². The quantitative estimate of drug-likeness (QED) is 0.875. The van der Waals surface area contributed by atoms with Crippen LogP contribution in [0.25, 0.3) is 0 Å². The second-order valence-corrected chi connectivity index (χ2v) is 6.20. The second kappa shape index (κ2) is 7.05. The molecule has 1 aliphatic heterocycles. The number of nitrogens with one attached hydrogen (secondary N) is 1. The molecule has 1 heterocycles. The van der Waals surface area contributed by atoms with E-state index in [9.17, 15) is 4.79 Å². The smallest absolute Gasteiger partial charge is 0.241 e. The third-order valence-electron chi connectivity index (χ3n) is 3.93. The number of carbonyl (C=O) groups excluding carboxylic acids is 1. The Kier molecular flexibility index (Phi) is 5.37. The average molecular weight is 290 g/mol. The molecule has 3 unspecified atom stereocenters. The van der Waals surface area contributed by atoms with Gasteiger partial charge in [0.1, 0.15) is 6.17 Å². The van der Waals surface area contributed by atoms with Gasteiger partial charge in [-0.25, -0.2) is 0 Å². The highest BCUT2D eigenvalue weighted by Crippen LogP contribution is 2.28. The molecule has 21 heavy (non-hydrogen) atoms. The fraction of sp³-hybridized carbons (Fsp3) is 0.588. The zero-order chi connectivity index (χ0) is 15.4. The molecule has 0 radical (unpaired) electrons. The fourth-order valence-corrected chi connectivity index (χ4v) is 2.78. The van der Waals surface area contributed by atoms with Gasteiger partial charge in [-0.05, 0) is 24.8 Å². The summed E-state index contributed by atoms with van der Waals surface area (Å²) in [6.07, 6.45) is 0.833. The van der Waals surface area contributed by atoms with Gasteiger partial charge in [-0.2, -0.15) is 0 Å². The highest BCUT2D eigenvalue weighted by atomic mass is 16.5. The number of carbonyl (C=O) groups is 1. The molecule has 0 aromatic heterocycles. The molecule has 1 fully saturated rings. The molecule has 0 bridgehead atoms. The fourth-order valence-electron chi connectivity index (χ4n) is 2.78. The first kappa shape index (κ1) is 16.0. The van der Waals surface area contributed by atoms with Crippen LogP contribution in [0.4, 0.5) is 0 Å². The molecule has 4 heteroatoms. The Morgan fingerprint density at radius 2 is 1.90 bits per heavy atom. The number of rotatable bonds is 6. The normalized spacial score (nSPS) is 23.9. The van der Waals surface area contributed by atoms with Crippen molar-refractivity contribution in [2.24, 2.45) is 5.92 Å². The van der Waals surface area contributed by atoms with E-state index in [0.29, 0.717) is 12.5 Å². The maximum Gasteiger partial charge on any atom is 0.241 e. The molecular weight excluding hydrogens is 264 g/mol. The molecule has 116 valence electrons. The Bertz CT molecular complexity index is 461. The summed E-state index contributed by atoms with van der Waals surface area (Å²) < 4.78 is 5.34. The van der Waals surface area contributed by atoms with E-state index in [-0.39, 0.29) is 24.2 Å². The van der Waals surface area contributed by atoms with Crippen molar-refractivity contribution in [2.45, 2.75) is 45.5 Å². The summed E-state index contributed by atoms with van der Waals surface area (Å²) in [5.74, 6) is 0.670. The molecule has 0 spiro atoms. The van der Waals surface area contributed by atoms with Gasteiger partial charge in [0.15, 0.2) is 0 Å². The summed E-state index contributed by atoms with van der Waals surface area (Å²) in [5, 5.41) is 3.49. The highest BCUT2D eigenvalue weighted by Gasteiger charge is 2.40. The van der Waals surface area contributed by atoms with Gasteiger partial charge < -0.3 is 9.64 Å². The van der Waals surface area contributed by atoms with E-state index in [2.05, 4.69) is 31.3 Å². The van der Waals surface area contributed by atoms with Gasteiger partial charge in [0.2, 0.25) is 5.91 Å². The number of methoxy groups -OCH3 is 1. The first-order valence-electron chi connectivity index (χ1n) is 7.67. The van der Waals surface area contributed by atoms with Crippen LogP contribution in [0.5, 0.6) is 0 Å². The molecule has 0 aliphatic carbocycles. The molecule has 1 N–H and O–H groups in total. The average Bonchev–Trinajstić information content (AvgIpc) is 2.76. The summed E-state index contributed by atoms with van der Waals surface area (Å²) in [6.45, 7) is 6.89. The second-order valence-electron chi connectivity index (χ2n) is 6.20. The maximum atomic E-state index is 12.7. The molecule has 1 aromatic carbocycles. The van der Waals surface area contributed by atoms with Crippen molar-refractivity contribution in [3.05, 3.63) is 35.9 Å². The molecule has 0 saturated carbocycles. The van der Waals surface area contributed by atoms with Gasteiger partial charge in [-0.1, -0.05) is 44.2 Å². The zero-order valence-electron chi connectivity index (χ0n) is 13.4. The molecule has 2 rings (SSSR count). The predicted octanol–water partition coefficient (Wildman–Crippen LogP) is 2.57. The Morgan fingerprint density at radius 3 is 2.48 bits per heavy atom. The van der Waals surface area contributed by atoms with Gasteiger partial charge in [0.05, 0.1) is 12.1 Å². The third kappa shape index (κ3) is 3.83. The number of nitrogens with zero attached hydrogens (tertiary/aromatic N) is 1. The van der Waals surface area contributed by atoms with E-state index in [4.69, 9.17) is 4.74 Å². The first-order valence-corrected chi connectivity index (χ1v) is 7.67. The van der Waals surface area contributed by atoms with E-state index in [1.54, 1.807) is 7.11 Å². The van der Waals surface area contributed by atoms with Crippen LogP contribution < -0.4 is 5.32 Å². The molecule has 4 nitrogen and oxygen atoms in total. The lowest BCUT2D eigenvalue weighted by molar-refractivity contribution is -0.131.